The van der Waals surface area contributed by atoms with E-state index in [1.54, 1.807) is 0 Å². The van der Waals surface area contributed by atoms with Crippen LogP contribution in [-0.2, 0) is 0 Å². The Bertz CT molecular complexity index is 474. The van der Waals surface area contributed by atoms with Crippen LogP contribution in [0, 0.1) is 21.3 Å². The molecule has 0 amide bonds. The zero-order valence-electron chi connectivity index (χ0n) is 10.6. The number of rotatable bonds is 3. The summed E-state index contributed by atoms with van der Waals surface area (Å²) in [6, 6.07) is 3.70. The Morgan fingerprint density at radius 1 is 1.50 bits per heavy atom. The van der Waals surface area contributed by atoms with Crippen LogP contribution in [0.1, 0.15) is 33.1 Å². The van der Waals surface area contributed by atoms with E-state index in [9.17, 15) is 14.5 Å². The van der Waals surface area contributed by atoms with Crippen molar-refractivity contribution >= 4 is 11.4 Å². The van der Waals surface area contributed by atoms with E-state index in [1.807, 2.05) is 0 Å². The summed E-state index contributed by atoms with van der Waals surface area (Å²) in [5.74, 6) is -0.458. The topological polar surface area (TPSA) is 55.2 Å². The molecule has 0 bridgehead atoms. The third kappa shape index (κ3) is 2.78. The highest BCUT2D eigenvalue weighted by Gasteiger charge is 2.31. The number of nitro benzene ring substituents is 1. The standard InChI is InChI=1S/C13H17FN2O2/c1-13(2)6-5-10(8-13)15-11-7-9(14)3-4-12(11)16(17)18/h3-4,7,10,15H,5-6,8H2,1-2H3. The molecule has 1 fully saturated rings. The van der Waals surface area contributed by atoms with E-state index in [0.29, 0.717) is 0 Å². The van der Waals surface area contributed by atoms with Crippen LogP contribution < -0.4 is 5.32 Å². The normalized spacial score (nSPS) is 21.8. The average Bonchev–Trinajstić information content (AvgIpc) is 2.57. The first-order valence-electron chi connectivity index (χ1n) is 6.08. The molecule has 0 spiro atoms. The van der Waals surface area contributed by atoms with E-state index in [2.05, 4.69) is 19.2 Å². The van der Waals surface area contributed by atoms with Gasteiger partial charge in [0.15, 0.2) is 0 Å². The van der Waals surface area contributed by atoms with Crippen molar-refractivity contribution in [2.45, 2.75) is 39.2 Å². The number of hydrogen-bond acceptors (Lipinski definition) is 3. The summed E-state index contributed by atoms with van der Waals surface area (Å²) in [7, 11) is 0. The van der Waals surface area contributed by atoms with Gasteiger partial charge in [-0.05, 0) is 30.7 Å². The van der Waals surface area contributed by atoms with Gasteiger partial charge >= 0.3 is 0 Å². The molecule has 0 aliphatic heterocycles. The van der Waals surface area contributed by atoms with Crippen molar-refractivity contribution in [3.05, 3.63) is 34.1 Å². The van der Waals surface area contributed by atoms with E-state index < -0.39 is 10.7 Å². The number of hydrogen-bond donors (Lipinski definition) is 1. The van der Waals surface area contributed by atoms with Gasteiger partial charge in [0, 0.05) is 18.2 Å². The van der Waals surface area contributed by atoms with Crippen molar-refractivity contribution in [2.24, 2.45) is 5.41 Å². The molecule has 5 heteroatoms. The van der Waals surface area contributed by atoms with Crippen LogP contribution in [0.15, 0.2) is 18.2 Å². The highest BCUT2D eigenvalue weighted by atomic mass is 19.1. The third-order valence-electron chi connectivity index (χ3n) is 3.48. The maximum atomic E-state index is 13.2. The zero-order chi connectivity index (χ0) is 13.3. The van der Waals surface area contributed by atoms with Gasteiger partial charge in [0.25, 0.3) is 5.69 Å². The Morgan fingerprint density at radius 3 is 2.78 bits per heavy atom. The van der Waals surface area contributed by atoms with Crippen molar-refractivity contribution < 1.29 is 9.31 Å². The molecule has 18 heavy (non-hydrogen) atoms. The van der Waals surface area contributed by atoms with Gasteiger partial charge in [-0.3, -0.25) is 10.1 Å². The van der Waals surface area contributed by atoms with Gasteiger partial charge in [-0.15, -0.1) is 0 Å². The van der Waals surface area contributed by atoms with Crippen molar-refractivity contribution in [3.63, 3.8) is 0 Å². The van der Waals surface area contributed by atoms with Crippen LogP contribution in [0.4, 0.5) is 15.8 Å². The van der Waals surface area contributed by atoms with Crippen LogP contribution in [0.5, 0.6) is 0 Å². The average molecular weight is 252 g/mol. The molecular formula is C13H17FN2O2. The Labute approximate surface area is 105 Å². The summed E-state index contributed by atoms with van der Waals surface area (Å²) in [6.07, 6.45) is 2.98. The lowest BCUT2D eigenvalue weighted by Crippen LogP contribution is -2.18. The Hall–Kier alpha value is -1.65. The third-order valence-corrected chi connectivity index (χ3v) is 3.48. The van der Waals surface area contributed by atoms with E-state index in [-0.39, 0.29) is 22.8 Å². The Morgan fingerprint density at radius 2 is 2.22 bits per heavy atom. The summed E-state index contributed by atoms with van der Waals surface area (Å²) in [5, 5.41) is 14.0. The van der Waals surface area contributed by atoms with Gasteiger partial charge in [0.05, 0.1) is 4.92 Å². The molecule has 1 aromatic rings. The number of anilines is 1. The molecule has 1 aliphatic carbocycles. The van der Waals surface area contributed by atoms with E-state index in [4.69, 9.17) is 0 Å². The molecule has 1 aromatic carbocycles. The number of halogens is 1. The van der Waals surface area contributed by atoms with Crippen LogP contribution in [0.3, 0.4) is 0 Å². The molecule has 0 saturated heterocycles. The Kier molecular flexibility index (Phi) is 3.24. The molecule has 2 rings (SSSR count). The highest BCUT2D eigenvalue weighted by Crippen LogP contribution is 2.39. The molecule has 1 unspecified atom stereocenters. The van der Waals surface area contributed by atoms with Crippen molar-refractivity contribution in [1.82, 2.24) is 0 Å². The fraction of sp³-hybridized carbons (Fsp3) is 0.538. The first-order valence-corrected chi connectivity index (χ1v) is 6.08. The van der Waals surface area contributed by atoms with Crippen LogP contribution >= 0.6 is 0 Å². The fourth-order valence-corrected chi connectivity index (χ4v) is 2.56. The number of nitrogens with zero attached hydrogens (tertiary/aromatic N) is 1. The zero-order valence-corrected chi connectivity index (χ0v) is 10.6. The molecule has 1 saturated carbocycles. The minimum Gasteiger partial charge on any atom is -0.377 e. The van der Waals surface area contributed by atoms with Gasteiger partial charge in [0.1, 0.15) is 11.5 Å². The fourth-order valence-electron chi connectivity index (χ4n) is 2.56. The summed E-state index contributed by atoms with van der Waals surface area (Å²) in [6.45, 7) is 4.35. The minimum atomic E-state index is -0.484. The van der Waals surface area contributed by atoms with Gasteiger partial charge in [0.2, 0.25) is 0 Å². The van der Waals surface area contributed by atoms with Crippen LogP contribution in [-0.4, -0.2) is 11.0 Å². The molecule has 1 atom stereocenters. The molecule has 98 valence electrons. The van der Waals surface area contributed by atoms with E-state index in [1.165, 1.54) is 12.1 Å². The second-order valence-electron chi connectivity index (χ2n) is 5.67. The lowest BCUT2D eigenvalue weighted by molar-refractivity contribution is -0.384. The number of nitrogens with one attached hydrogen (secondary N) is 1. The maximum Gasteiger partial charge on any atom is 0.292 e. The molecule has 4 nitrogen and oxygen atoms in total. The molecular weight excluding hydrogens is 235 g/mol. The van der Waals surface area contributed by atoms with Gasteiger partial charge in [-0.2, -0.15) is 0 Å². The summed E-state index contributed by atoms with van der Waals surface area (Å²) in [5.41, 5.74) is 0.462. The first kappa shape index (κ1) is 12.8. The summed E-state index contributed by atoms with van der Waals surface area (Å²) >= 11 is 0. The second-order valence-corrected chi connectivity index (χ2v) is 5.67. The van der Waals surface area contributed by atoms with Gasteiger partial charge in [-0.1, -0.05) is 13.8 Å². The lowest BCUT2D eigenvalue weighted by atomic mass is 9.92. The lowest BCUT2D eigenvalue weighted by Gasteiger charge is -2.18. The smallest absolute Gasteiger partial charge is 0.292 e. The summed E-state index contributed by atoms with van der Waals surface area (Å²) < 4.78 is 13.2. The maximum absolute atomic E-state index is 13.2. The van der Waals surface area contributed by atoms with Gasteiger partial charge < -0.3 is 5.32 Å². The molecule has 1 N–H and O–H groups in total. The van der Waals surface area contributed by atoms with Crippen LogP contribution in [0.2, 0.25) is 0 Å². The highest BCUT2D eigenvalue weighted by molar-refractivity contribution is 5.62. The van der Waals surface area contributed by atoms with E-state index in [0.717, 1.165) is 25.3 Å². The van der Waals surface area contributed by atoms with Gasteiger partial charge in [-0.25, -0.2) is 4.39 Å². The molecule has 0 heterocycles. The van der Waals surface area contributed by atoms with Crippen molar-refractivity contribution in [3.8, 4) is 0 Å². The predicted molar refractivity (Wildman–Crippen MR) is 68.1 cm³/mol. The SMILES string of the molecule is CC1(C)CCC(Nc2cc(F)ccc2[N+](=O)[O-])C1. The molecule has 0 radical (unpaired) electrons. The van der Waals surface area contributed by atoms with Crippen LogP contribution in [0.25, 0.3) is 0 Å². The van der Waals surface area contributed by atoms with Crippen molar-refractivity contribution in [1.29, 1.82) is 0 Å². The number of nitro groups is 1. The monoisotopic (exact) mass is 252 g/mol. The quantitative estimate of drug-likeness (QED) is 0.658. The largest absolute Gasteiger partial charge is 0.377 e. The molecule has 0 aromatic heterocycles. The summed E-state index contributed by atoms with van der Waals surface area (Å²) in [4.78, 5) is 10.4. The second kappa shape index (κ2) is 4.55. The van der Waals surface area contributed by atoms with Crippen molar-refractivity contribution in [2.75, 3.05) is 5.32 Å². The first-order chi connectivity index (χ1) is 8.37. The Balaban J connectivity index is 2.18. The predicted octanol–water partition coefficient (Wildman–Crippen LogP) is 3.72. The minimum absolute atomic E-state index is 0.0684. The number of benzene rings is 1. The molecule has 1 aliphatic rings. The van der Waals surface area contributed by atoms with E-state index >= 15 is 0 Å².